The van der Waals surface area contributed by atoms with E-state index in [1.54, 1.807) is 30.3 Å². The van der Waals surface area contributed by atoms with Gasteiger partial charge < -0.3 is 37.5 Å². The van der Waals surface area contributed by atoms with Crippen LogP contribution in [0, 0.1) is 0 Å². The Hall–Kier alpha value is -4.26. The predicted octanol–water partition coefficient (Wildman–Crippen LogP) is -1.65. The minimum atomic E-state index is -1.38. The second kappa shape index (κ2) is 13.6. The van der Waals surface area contributed by atoms with Crippen molar-refractivity contribution < 1.29 is 29.1 Å². The van der Waals surface area contributed by atoms with Gasteiger partial charge in [0.1, 0.15) is 18.1 Å². The monoisotopic (exact) mass is 501 g/mol. The van der Waals surface area contributed by atoms with Crippen molar-refractivity contribution in [1.29, 1.82) is 0 Å². The Kier molecular flexibility index (Phi) is 10.6. The number of imidazole rings is 1. The average Bonchev–Trinajstić information content (AvgIpc) is 3.34. The molecule has 0 fully saturated rings. The fourth-order valence-electron chi connectivity index (χ4n) is 3.28. The summed E-state index contributed by atoms with van der Waals surface area (Å²) in [6.07, 6.45) is 2.78. The molecule has 194 valence electrons. The number of aliphatic carboxylic acids is 1. The van der Waals surface area contributed by atoms with Crippen LogP contribution >= 0.6 is 0 Å². The second-order valence-electron chi connectivity index (χ2n) is 8.27. The molecule has 9 N–H and O–H groups in total. The van der Waals surface area contributed by atoms with Crippen molar-refractivity contribution in [2.24, 2.45) is 11.5 Å². The fourth-order valence-corrected chi connectivity index (χ4v) is 3.28. The zero-order valence-corrected chi connectivity index (χ0v) is 19.8. The summed E-state index contributed by atoms with van der Waals surface area (Å²) in [4.78, 5) is 67.5. The maximum absolute atomic E-state index is 13.0. The van der Waals surface area contributed by atoms with Crippen molar-refractivity contribution in [1.82, 2.24) is 25.9 Å². The van der Waals surface area contributed by atoms with Crippen LogP contribution in [0.5, 0.6) is 0 Å². The lowest BCUT2D eigenvalue weighted by molar-refractivity contribution is -0.142. The van der Waals surface area contributed by atoms with E-state index >= 15 is 0 Å². The maximum atomic E-state index is 13.0. The number of benzene rings is 1. The standard InChI is InChI=1S/C23H31N7O6/c1-13(28-21(33)16(24)10-15-11-26-12-27-15)20(32)30-18(9-14-5-3-2-4-6-14)22(34)29-17(23(35)36)7-8-19(25)31/h2-6,11-13,16-18H,7-10,24H2,1H3,(H2,25,31)(H,26,27)(H,28,33)(H,29,34)(H,30,32)(H,35,36). The summed E-state index contributed by atoms with van der Waals surface area (Å²) >= 11 is 0. The molecule has 2 aromatic rings. The zero-order valence-electron chi connectivity index (χ0n) is 19.8. The number of H-pyrrole nitrogens is 1. The van der Waals surface area contributed by atoms with E-state index < -0.39 is 53.8 Å². The lowest BCUT2D eigenvalue weighted by Crippen LogP contribution is -2.57. The number of hydrogen-bond donors (Lipinski definition) is 7. The lowest BCUT2D eigenvalue weighted by atomic mass is 10.0. The molecule has 13 heteroatoms. The van der Waals surface area contributed by atoms with Crippen LogP contribution in [0.2, 0.25) is 0 Å². The molecule has 1 aromatic carbocycles. The van der Waals surface area contributed by atoms with Gasteiger partial charge in [0.05, 0.1) is 12.4 Å². The van der Waals surface area contributed by atoms with Gasteiger partial charge in [-0.1, -0.05) is 30.3 Å². The molecule has 0 saturated carbocycles. The molecule has 4 unspecified atom stereocenters. The van der Waals surface area contributed by atoms with Crippen LogP contribution in [0.15, 0.2) is 42.9 Å². The van der Waals surface area contributed by atoms with Gasteiger partial charge in [-0.2, -0.15) is 0 Å². The average molecular weight is 502 g/mol. The highest BCUT2D eigenvalue weighted by atomic mass is 16.4. The van der Waals surface area contributed by atoms with E-state index in [2.05, 4.69) is 25.9 Å². The number of nitrogens with one attached hydrogen (secondary N) is 4. The normalized spacial score (nSPS) is 14.1. The number of carboxylic acid groups (broad SMARTS) is 1. The number of carboxylic acids is 1. The Bertz CT molecular complexity index is 1040. The summed E-state index contributed by atoms with van der Waals surface area (Å²) in [7, 11) is 0. The highest BCUT2D eigenvalue weighted by Crippen LogP contribution is 2.06. The lowest BCUT2D eigenvalue weighted by Gasteiger charge is -2.24. The van der Waals surface area contributed by atoms with Crippen LogP contribution in [-0.2, 0) is 36.8 Å². The van der Waals surface area contributed by atoms with Gasteiger partial charge in [-0.25, -0.2) is 9.78 Å². The SMILES string of the molecule is CC(NC(=O)C(N)Cc1cnc[nH]1)C(=O)NC(Cc1ccccc1)C(=O)NC(CCC(N)=O)C(=O)O. The first-order chi connectivity index (χ1) is 17.1. The first-order valence-corrected chi connectivity index (χ1v) is 11.3. The number of nitrogens with two attached hydrogens (primary N) is 2. The highest BCUT2D eigenvalue weighted by molar-refractivity contribution is 5.94. The van der Waals surface area contributed by atoms with E-state index in [0.717, 1.165) is 0 Å². The fraction of sp³-hybridized carbons (Fsp3) is 0.391. The van der Waals surface area contributed by atoms with Crippen molar-refractivity contribution in [2.75, 3.05) is 0 Å². The smallest absolute Gasteiger partial charge is 0.326 e. The van der Waals surface area contributed by atoms with Crippen LogP contribution in [-0.4, -0.2) is 68.8 Å². The molecule has 0 aliphatic rings. The molecule has 4 amide bonds. The quantitative estimate of drug-likeness (QED) is 0.158. The van der Waals surface area contributed by atoms with Crippen LogP contribution in [0.25, 0.3) is 0 Å². The van der Waals surface area contributed by atoms with E-state index in [-0.39, 0.29) is 25.7 Å². The number of aromatic amines is 1. The van der Waals surface area contributed by atoms with E-state index in [0.29, 0.717) is 11.3 Å². The summed E-state index contributed by atoms with van der Waals surface area (Å²) in [5, 5.41) is 16.8. The van der Waals surface area contributed by atoms with Gasteiger partial charge in [0.25, 0.3) is 0 Å². The van der Waals surface area contributed by atoms with E-state index in [9.17, 15) is 29.1 Å². The van der Waals surface area contributed by atoms with Gasteiger partial charge in [-0.05, 0) is 18.9 Å². The third-order valence-corrected chi connectivity index (χ3v) is 5.29. The molecule has 13 nitrogen and oxygen atoms in total. The Labute approximate surface area is 207 Å². The Morgan fingerprint density at radius 1 is 0.972 bits per heavy atom. The van der Waals surface area contributed by atoms with Gasteiger partial charge in [0, 0.05) is 31.2 Å². The van der Waals surface area contributed by atoms with Gasteiger partial charge in [-0.15, -0.1) is 0 Å². The van der Waals surface area contributed by atoms with Crippen molar-refractivity contribution >= 4 is 29.6 Å². The highest BCUT2D eigenvalue weighted by Gasteiger charge is 2.29. The molecule has 36 heavy (non-hydrogen) atoms. The summed E-state index contributed by atoms with van der Waals surface area (Å²) in [5.41, 5.74) is 12.3. The second-order valence-corrected chi connectivity index (χ2v) is 8.27. The third-order valence-electron chi connectivity index (χ3n) is 5.29. The first kappa shape index (κ1) is 28.0. The molecule has 0 bridgehead atoms. The van der Waals surface area contributed by atoms with Crippen molar-refractivity contribution in [3.63, 3.8) is 0 Å². The topological polar surface area (TPSA) is 222 Å². The largest absolute Gasteiger partial charge is 0.480 e. The van der Waals surface area contributed by atoms with E-state index in [1.165, 1.54) is 19.4 Å². The molecule has 1 aromatic heterocycles. The van der Waals surface area contributed by atoms with Crippen molar-refractivity contribution in [3.05, 3.63) is 54.1 Å². The van der Waals surface area contributed by atoms with Gasteiger partial charge in [-0.3, -0.25) is 19.2 Å². The van der Waals surface area contributed by atoms with Crippen molar-refractivity contribution in [2.45, 2.75) is 56.8 Å². The first-order valence-electron chi connectivity index (χ1n) is 11.3. The number of hydrogen-bond acceptors (Lipinski definition) is 7. The summed E-state index contributed by atoms with van der Waals surface area (Å²) in [6, 6.07) is 4.26. The molecular formula is C23H31N7O6. The number of carbonyl (C=O) groups is 5. The summed E-state index contributed by atoms with van der Waals surface area (Å²) in [5.74, 6) is -4.06. The maximum Gasteiger partial charge on any atom is 0.326 e. The number of nitrogens with zero attached hydrogens (tertiary/aromatic N) is 1. The summed E-state index contributed by atoms with van der Waals surface area (Å²) < 4.78 is 0. The van der Waals surface area contributed by atoms with Gasteiger partial charge in [0.15, 0.2) is 0 Å². The molecule has 0 aliphatic heterocycles. The van der Waals surface area contributed by atoms with Crippen LogP contribution < -0.4 is 27.4 Å². The minimum absolute atomic E-state index is 0.0561. The zero-order chi connectivity index (χ0) is 26.7. The van der Waals surface area contributed by atoms with E-state index in [4.69, 9.17) is 11.5 Å². The van der Waals surface area contributed by atoms with Crippen LogP contribution in [0.4, 0.5) is 0 Å². The van der Waals surface area contributed by atoms with Gasteiger partial charge in [0.2, 0.25) is 23.6 Å². The molecule has 4 atom stereocenters. The number of carbonyl (C=O) groups excluding carboxylic acids is 4. The number of amides is 4. The van der Waals surface area contributed by atoms with E-state index in [1.807, 2.05) is 0 Å². The molecular weight excluding hydrogens is 470 g/mol. The van der Waals surface area contributed by atoms with Crippen LogP contribution in [0.3, 0.4) is 0 Å². The summed E-state index contributed by atoms with van der Waals surface area (Å²) in [6.45, 7) is 1.43. The third kappa shape index (κ3) is 9.18. The van der Waals surface area contributed by atoms with Crippen LogP contribution in [0.1, 0.15) is 31.0 Å². The Balaban J connectivity index is 2.06. The van der Waals surface area contributed by atoms with Crippen molar-refractivity contribution in [3.8, 4) is 0 Å². The number of aromatic nitrogens is 2. The predicted molar refractivity (Wildman–Crippen MR) is 128 cm³/mol. The molecule has 2 rings (SSSR count). The Morgan fingerprint density at radius 3 is 2.22 bits per heavy atom. The Morgan fingerprint density at radius 2 is 1.64 bits per heavy atom. The molecule has 0 spiro atoms. The molecule has 0 aliphatic carbocycles. The molecule has 0 radical (unpaired) electrons. The van der Waals surface area contributed by atoms with Gasteiger partial charge >= 0.3 is 5.97 Å². The minimum Gasteiger partial charge on any atom is -0.480 e. The number of primary amides is 1. The molecule has 0 saturated heterocycles. The molecule has 1 heterocycles. The number of rotatable bonds is 14.